The second-order valence-corrected chi connectivity index (χ2v) is 6.69. The Kier molecular flexibility index (Phi) is 6.07. The van der Waals surface area contributed by atoms with Crippen molar-refractivity contribution in [1.82, 2.24) is 14.4 Å². The molecule has 0 aliphatic heterocycles. The summed E-state index contributed by atoms with van der Waals surface area (Å²) in [5.41, 5.74) is 6.63. The number of Topliss-reactive ketones (excluding diaryl/α,β-unsaturated/α-hetero) is 1. The Bertz CT molecular complexity index is 1140. The van der Waals surface area contributed by atoms with E-state index in [0.717, 1.165) is 33.7 Å². The van der Waals surface area contributed by atoms with Crippen LogP contribution in [-0.4, -0.2) is 20.2 Å². The van der Waals surface area contributed by atoms with Crippen molar-refractivity contribution in [3.63, 3.8) is 0 Å². The van der Waals surface area contributed by atoms with E-state index in [1.54, 1.807) is 13.1 Å². The van der Waals surface area contributed by atoms with E-state index in [1.807, 2.05) is 55.8 Å². The van der Waals surface area contributed by atoms with Crippen molar-refractivity contribution in [1.29, 1.82) is 0 Å². The highest BCUT2D eigenvalue weighted by Crippen LogP contribution is 2.26. The fourth-order valence-corrected chi connectivity index (χ4v) is 3.22. The molecule has 2 aromatic heterocycles. The summed E-state index contributed by atoms with van der Waals surface area (Å²) in [7, 11) is 0. The molecule has 0 aliphatic rings. The summed E-state index contributed by atoms with van der Waals surface area (Å²) in [6.45, 7) is 9.58. The predicted molar refractivity (Wildman–Crippen MR) is 119 cm³/mol. The van der Waals surface area contributed by atoms with Gasteiger partial charge in [-0.2, -0.15) is 0 Å². The third-order valence-electron chi connectivity index (χ3n) is 4.64. The van der Waals surface area contributed by atoms with Gasteiger partial charge in [-0.15, -0.1) is 0 Å². The highest BCUT2D eigenvalue weighted by molar-refractivity contribution is 5.96. The van der Waals surface area contributed by atoms with E-state index in [-0.39, 0.29) is 5.78 Å². The number of benzene rings is 2. The van der Waals surface area contributed by atoms with E-state index < -0.39 is 0 Å². The molecule has 4 rings (SSSR count). The third-order valence-corrected chi connectivity index (χ3v) is 4.64. The fraction of sp³-hybridized carbons (Fsp3) is 0.208. The number of rotatable bonds is 4. The molecule has 29 heavy (non-hydrogen) atoms. The van der Waals surface area contributed by atoms with Gasteiger partial charge in [-0.1, -0.05) is 43.7 Å². The molecule has 4 aromatic rings. The normalized spacial score (nSPS) is 10.4. The number of imidazole rings is 1. The summed E-state index contributed by atoms with van der Waals surface area (Å²) in [4.78, 5) is 20.6. The van der Waals surface area contributed by atoms with E-state index in [4.69, 9.17) is 0 Å². The van der Waals surface area contributed by atoms with Crippen molar-refractivity contribution in [3.8, 4) is 11.3 Å². The molecule has 0 aliphatic carbocycles. The van der Waals surface area contributed by atoms with Crippen LogP contribution in [-0.2, 0) is 0 Å². The molecule has 5 heteroatoms. The SMILES string of the molecule is CC.CC(=O)c1ccc(Nc2nccn3c(-c4ccc(C)cc4)cnc23)cc1C. The molecule has 0 fully saturated rings. The van der Waals surface area contributed by atoms with Gasteiger partial charge >= 0.3 is 0 Å². The minimum absolute atomic E-state index is 0.0651. The predicted octanol–water partition coefficient (Wildman–Crippen LogP) is 5.99. The quantitative estimate of drug-likeness (QED) is 0.438. The molecule has 1 N–H and O–H groups in total. The van der Waals surface area contributed by atoms with Gasteiger partial charge in [0.2, 0.25) is 0 Å². The number of carbonyl (C=O) groups excluding carboxylic acids is 1. The van der Waals surface area contributed by atoms with Crippen LogP contribution < -0.4 is 5.32 Å². The lowest BCUT2D eigenvalue weighted by atomic mass is 10.0. The van der Waals surface area contributed by atoms with Crippen LogP contribution in [0.5, 0.6) is 0 Å². The Balaban J connectivity index is 0.00000117. The Hall–Kier alpha value is -3.47. The van der Waals surface area contributed by atoms with Gasteiger partial charge in [-0.25, -0.2) is 9.97 Å². The summed E-state index contributed by atoms with van der Waals surface area (Å²) >= 11 is 0. The van der Waals surface area contributed by atoms with Crippen molar-refractivity contribution < 1.29 is 4.79 Å². The van der Waals surface area contributed by atoms with Gasteiger partial charge in [0.25, 0.3) is 0 Å². The van der Waals surface area contributed by atoms with E-state index >= 15 is 0 Å². The first kappa shape index (κ1) is 20.3. The number of nitrogens with zero attached hydrogens (tertiary/aromatic N) is 3. The maximum absolute atomic E-state index is 11.6. The van der Waals surface area contributed by atoms with Crippen molar-refractivity contribution in [2.45, 2.75) is 34.6 Å². The maximum Gasteiger partial charge on any atom is 0.180 e. The molecule has 0 spiro atoms. The zero-order valence-corrected chi connectivity index (χ0v) is 17.5. The molecular weight excluding hydrogens is 360 g/mol. The van der Waals surface area contributed by atoms with Crippen LogP contribution in [0.1, 0.15) is 42.3 Å². The molecule has 0 bridgehead atoms. The number of aryl methyl sites for hydroxylation is 2. The number of ketones is 1. The van der Waals surface area contributed by atoms with Crippen LogP contribution in [0, 0.1) is 13.8 Å². The third kappa shape index (κ3) is 4.19. The molecule has 148 valence electrons. The van der Waals surface area contributed by atoms with Crippen LogP contribution in [0.3, 0.4) is 0 Å². The van der Waals surface area contributed by atoms with Crippen LogP contribution >= 0.6 is 0 Å². The summed E-state index contributed by atoms with van der Waals surface area (Å²) < 4.78 is 2.02. The minimum Gasteiger partial charge on any atom is -0.337 e. The Morgan fingerprint density at radius 2 is 1.72 bits per heavy atom. The van der Waals surface area contributed by atoms with Crippen molar-refractivity contribution in [2.24, 2.45) is 0 Å². The number of anilines is 2. The van der Waals surface area contributed by atoms with Crippen LogP contribution in [0.4, 0.5) is 11.5 Å². The molecule has 2 aromatic carbocycles. The van der Waals surface area contributed by atoms with E-state index in [2.05, 4.69) is 46.5 Å². The topological polar surface area (TPSA) is 59.3 Å². The summed E-state index contributed by atoms with van der Waals surface area (Å²) in [6.07, 6.45) is 5.52. The van der Waals surface area contributed by atoms with Gasteiger partial charge in [0.05, 0.1) is 11.9 Å². The van der Waals surface area contributed by atoms with Crippen molar-refractivity contribution >= 4 is 22.9 Å². The maximum atomic E-state index is 11.6. The van der Waals surface area contributed by atoms with Crippen molar-refractivity contribution in [3.05, 3.63) is 77.7 Å². The number of hydrogen-bond donors (Lipinski definition) is 1. The largest absolute Gasteiger partial charge is 0.337 e. The lowest BCUT2D eigenvalue weighted by Gasteiger charge is -2.10. The lowest BCUT2D eigenvalue weighted by molar-refractivity contribution is 0.101. The molecular formula is C24H26N4O. The average Bonchev–Trinajstić information content (AvgIpc) is 3.15. The molecule has 0 unspecified atom stereocenters. The van der Waals surface area contributed by atoms with Crippen LogP contribution in [0.2, 0.25) is 0 Å². The highest BCUT2D eigenvalue weighted by Gasteiger charge is 2.11. The van der Waals surface area contributed by atoms with E-state index in [9.17, 15) is 4.79 Å². The number of hydrogen-bond acceptors (Lipinski definition) is 4. The first-order valence-corrected chi connectivity index (χ1v) is 9.80. The summed E-state index contributed by atoms with van der Waals surface area (Å²) in [5.74, 6) is 0.737. The van der Waals surface area contributed by atoms with Gasteiger partial charge in [0, 0.05) is 29.2 Å². The van der Waals surface area contributed by atoms with Crippen molar-refractivity contribution in [2.75, 3.05) is 5.32 Å². The molecule has 0 saturated carbocycles. The van der Waals surface area contributed by atoms with Crippen LogP contribution in [0.15, 0.2) is 61.1 Å². The Morgan fingerprint density at radius 1 is 1.00 bits per heavy atom. The number of nitrogens with one attached hydrogen (secondary N) is 1. The standard InChI is InChI=1S/C22H20N4O.C2H6/c1-14-4-6-17(7-5-14)20-13-24-22-21(23-10-11-26(20)22)25-18-8-9-19(16(3)27)15(2)12-18;1-2/h4-13H,1-3H3,(H,23,25);1-2H3. The summed E-state index contributed by atoms with van der Waals surface area (Å²) in [5, 5.41) is 3.32. The molecule has 2 heterocycles. The average molecular weight is 386 g/mol. The number of fused-ring (bicyclic) bond motifs is 1. The summed E-state index contributed by atoms with van der Waals surface area (Å²) in [6, 6.07) is 14.0. The second-order valence-electron chi connectivity index (χ2n) is 6.69. The monoisotopic (exact) mass is 386 g/mol. The zero-order chi connectivity index (χ0) is 21.0. The second kappa shape index (κ2) is 8.69. The van der Waals surface area contributed by atoms with Gasteiger partial charge < -0.3 is 5.32 Å². The Morgan fingerprint density at radius 3 is 2.38 bits per heavy atom. The van der Waals surface area contributed by atoms with Gasteiger partial charge in [0.15, 0.2) is 17.2 Å². The van der Waals surface area contributed by atoms with Gasteiger partial charge in [-0.3, -0.25) is 9.20 Å². The van der Waals surface area contributed by atoms with E-state index in [1.165, 1.54) is 5.56 Å². The highest BCUT2D eigenvalue weighted by atomic mass is 16.1. The van der Waals surface area contributed by atoms with Crippen LogP contribution in [0.25, 0.3) is 16.9 Å². The first-order chi connectivity index (χ1) is 14.0. The lowest BCUT2D eigenvalue weighted by Crippen LogP contribution is -2.01. The Labute approximate surface area is 171 Å². The molecule has 0 saturated heterocycles. The number of aromatic nitrogens is 3. The zero-order valence-electron chi connectivity index (χ0n) is 17.5. The fourth-order valence-electron chi connectivity index (χ4n) is 3.22. The first-order valence-electron chi connectivity index (χ1n) is 9.80. The van der Waals surface area contributed by atoms with E-state index in [0.29, 0.717) is 5.82 Å². The molecule has 0 atom stereocenters. The number of carbonyl (C=O) groups is 1. The molecule has 5 nitrogen and oxygen atoms in total. The van der Waals surface area contributed by atoms with Gasteiger partial charge in [-0.05, 0) is 44.5 Å². The molecule has 0 radical (unpaired) electrons. The smallest absolute Gasteiger partial charge is 0.180 e. The van der Waals surface area contributed by atoms with Gasteiger partial charge in [0.1, 0.15) is 0 Å². The molecule has 0 amide bonds. The minimum atomic E-state index is 0.0651.